The molecule has 0 amide bonds. The van der Waals surface area contributed by atoms with Gasteiger partial charge >= 0.3 is 0 Å². The van der Waals surface area contributed by atoms with E-state index in [-0.39, 0.29) is 0 Å². The van der Waals surface area contributed by atoms with E-state index in [0.717, 1.165) is 31.1 Å². The number of ether oxygens (including phenoxy) is 1. The first-order valence-electron chi connectivity index (χ1n) is 7.50. The van der Waals surface area contributed by atoms with Gasteiger partial charge in [-0.25, -0.2) is 4.98 Å². The van der Waals surface area contributed by atoms with E-state index < -0.39 is 0 Å². The molecule has 2 aliphatic rings. The summed E-state index contributed by atoms with van der Waals surface area (Å²) in [7, 11) is 0. The SMILES string of the molecule is Cc1cc(C#N)cnc1N1CCCC1C1CCCOC1. The second-order valence-electron chi connectivity index (χ2n) is 5.86. The molecule has 2 aliphatic heterocycles. The van der Waals surface area contributed by atoms with Crippen LogP contribution in [0.1, 0.15) is 36.8 Å². The number of nitrogens with zero attached hydrogens (tertiary/aromatic N) is 3. The van der Waals surface area contributed by atoms with Gasteiger partial charge in [-0.2, -0.15) is 5.26 Å². The van der Waals surface area contributed by atoms with Crippen LogP contribution in [0.2, 0.25) is 0 Å². The highest BCUT2D eigenvalue weighted by molar-refractivity contribution is 5.51. The molecule has 2 fully saturated rings. The zero-order chi connectivity index (χ0) is 13.9. The zero-order valence-electron chi connectivity index (χ0n) is 12.0. The standard InChI is InChI=1S/C16H21N3O/c1-12-8-13(9-17)10-18-16(12)19-6-2-5-15(19)14-4-3-7-20-11-14/h8,10,14-15H,2-7,11H2,1H3. The average molecular weight is 271 g/mol. The van der Waals surface area contributed by atoms with Crippen molar-refractivity contribution in [2.45, 2.75) is 38.6 Å². The van der Waals surface area contributed by atoms with Crippen LogP contribution in [0.15, 0.2) is 12.3 Å². The van der Waals surface area contributed by atoms with E-state index in [4.69, 9.17) is 10.00 Å². The third-order valence-electron chi connectivity index (χ3n) is 4.49. The third-order valence-corrected chi connectivity index (χ3v) is 4.49. The summed E-state index contributed by atoms with van der Waals surface area (Å²) >= 11 is 0. The molecule has 2 saturated heterocycles. The van der Waals surface area contributed by atoms with Crippen LogP contribution in [0, 0.1) is 24.2 Å². The summed E-state index contributed by atoms with van der Waals surface area (Å²) in [6, 6.07) is 4.65. The molecule has 20 heavy (non-hydrogen) atoms. The smallest absolute Gasteiger partial charge is 0.131 e. The maximum Gasteiger partial charge on any atom is 0.131 e. The maximum absolute atomic E-state index is 8.95. The van der Waals surface area contributed by atoms with E-state index in [1.54, 1.807) is 6.20 Å². The summed E-state index contributed by atoms with van der Waals surface area (Å²) in [6.07, 6.45) is 6.58. The van der Waals surface area contributed by atoms with Crippen LogP contribution in [0.3, 0.4) is 0 Å². The predicted molar refractivity (Wildman–Crippen MR) is 77.6 cm³/mol. The summed E-state index contributed by atoms with van der Waals surface area (Å²) in [6.45, 7) is 4.92. The van der Waals surface area contributed by atoms with Gasteiger partial charge in [-0.3, -0.25) is 0 Å². The van der Waals surface area contributed by atoms with Gasteiger partial charge in [-0.15, -0.1) is 0 Å². The lowest BCUT2D eigenvalue weighted by Gasteiger charge is -2.35. The first-order chi connectivity index (χ1) is 9.79. The van der Waals surface area contributed by atoms with Gasteiger partial charge in [0.1, 0.15) is 11.9 Å². The molecular formula is C16H21N3O. The molecule has 106 valence electrons. The molecular weight excluding hydrogens is 250 g/mol. The van der Waals surface area contributed by atoms with Gasteiger partial charge in [0.05, 0.1) is 12.2 Å². The highest BCUT2D eigenvalue weighted by atomic mass is 16.5. The van der Waals surface area contributed by atoms with Crippen molar-refractivity contribution < 1.29 is 4.74 Å². The highest BCUT2D eigenvalue weighted by Gasteiger charge is 2.34. The lowest BCUT2D eigenvalue weighted by atomic mass is 9.92. The van der Waals surface area contributed by atoms with Gasteiger partial charge in [-0.05, 0) is 44.2 Å². The van der Waals surface area contributed by atoms with E-state index >= 15 is 0 Å². The van der Waals surface area contributed by atoms with Crippen molar-refractivity contribution in [1.29, 1.82) is 5.26 Å². The van der Waals surface area contributed by atoms with Crippen LogP contribution in [-0.2, 0) is 4.74 Å². The Kier molecular flexibility index (Phi) is 3.88. The van der Waals surface area contributed by atoms with E-state index in [2.05, 4.69) is 22.9 Å². The number of aromatic nitrogens is 1. The lowest BCUT2D eigenvalue weighted by molar-refractivity contribution is 0.0454. The van der Waals surface area contributed by atoms with E-state index in [1.165, 1.54) is 25.7 Å². The number of anilines is 1. The topological polar surface area (TPSA) is 49.2 Å². The minimum atomic E-state index is 0.550. The fourth-order valence-electron chi connectivity index (χ4n) is 3.54. The molecule has 0 aromatic carbocycles. The van der Waals surface area contributed by atoms with Crippen molar-refractivity contribution in [2.24, 2.45) is 5.92 Å². The molecule has 3 rings (SSSR count). The van der Waals surface area contributed by atoms with Gasteiger partial charge in [-0.1, -0.05) is 0 Å². The Labute approximate surface area is 120 Å². The molecule has 0 saturated carbocycles. The summed E-state index contributed by atoms with van der Waals surface area (Å²) in [5, 5.41) is 8.95. The second-order valence-corrected chi connectivity index (χ2v) is 5.86. The Hall–Kier alpha value is -1.60. The van der Waals surface area contributed by atoms with Crippen LogP contribution in [0.5, 0.6) is 0 Å². The number of rotatable bonds is 2. The Balaban J connectivity index is 1.83. The highest BCUT2D eigenvalue weighted by Crippen LogP contribution is 2.33. The Morgan fingerprint density at radius 1 is 1.40 bits per heavy atom. The average Bonchev–Trinajstić information content (AvgIpc) is 2.97. The monoisotopic (exact) mass is 271 g/mol. The Morgan fingerprint density at radius 3 is 3.00 bits per heavy atom. The molecule has 1 aromatic rings. The summed E-state index contributed by atoms with van der Waals surface area (Å²) in [5.41, 5.74) is 1.75. The molecule has 4 heteroatoms. The van der Waals surface area contributed by atoms with Crippen LogP contribution in [-0.4, -0.2) is 30.8 Å². The van der Waals surface area contributed by atoms with Gasteiger partial charge in [0.15, 0.2) is 0 Å². The molecule has 3 heterocycles. The molecule has 0 radical (unpaired) electrons. The number of aryl methyl sites for hydroxylation is 1. The summed E-state index contributed by atoms with van der Waals surface area (Å²) < 4.78 is 5.66. The van der Waals surface area contributed by atoms with Crippen molar-refractivity contribution in [3.63, 3.8) is 0 Å². The molecule has 0 bridgehead atoms. The first kappa shape index (κ1) is 13.4. The van der Waals surface area contributed by atoms with E-state index in [0.29, 0.717) is 17.5 Å². The second kappa shape index (κ2) is 5.80. The van der Waals surface area contributed by atoms with Crippen LogP contribution < -0.4 is 4.90 Å². The van der Waals surface area contributed by atoms with Gasteiger partial charge < -0.3 is 9.64 Å². The van der Waals surface area contributed by atoms with Crippen molar-refractivity contribution in [3.8, 4) is 6.07 Å². The van der Waals surface area contributed by atoms with Crippen molar-refractivity contribution in [2.75, 3.05) is 24.7 Å². The minimum Gasteiger partial charge on any atom is -0.381 e. The number of nitriles is 1. The van der Waals surface area contributed by atoms with Crippen molar-refractivity contribution in [3.05, 3.63) is 23.4 Å². The molecule has 2 atom stereocenters. The molecule has 0 spiro atoms. The normalized spacial score (nSPS) is 26.5. The zero-order valence-corrected chi connectivity index (χ0v) is 12.0. The van der Waals surface area contributed by atoms with E-state index in [9.17, 15) is 0 Å². The van der Waals surface area contributed by atoms with Crippen molar-refractivity contribution in [1.82, 2.24) is 4.98 Å². The van der Waals surface area contributed by atoms with Gasteiger partial charge in [0.2, 0.25) is 0 Å². The maximum atomic E-state index is 8.95. The van der Waals surface area contributed by atoms with Crippen molar-refractivity contribution >= 4 is 5.82 Å². The minimum absolute atomic E-state index is 0.550. The number of pyridine rings is 1. The largest absolute Gasteiger partial charge is 0.381 e. The molecule has 1 aromatic heterocycles. The lowest BCUT2D eigenvalue weighted by Crippen LogP contribution is -2.40. The quantitative estimate of drug-likeness (QED) is 0.829. The van der Waals surface area contributed by atoms with E-state index in [1.807, 2.05) is 6.07 Å². The molecule has 4 nitrogen and oxygen atoms in total. The number of hydrogen-bond acceptors (Lipinski definition) is 4. The van der Waals surface area contributed by atoms with Crippen LogP contribution in [0.4, 0.5) is 5.82 Å². The summed E-state index contributed by atoms with van der Waals surface area (Å²) in [5.74, 6) is 1.68. The molecule has 0 N–H and O–H groups in total. The summed E-state index contributed by atoms with van der Waals surface area (Å²) in [4.78, 5) is 6.98. The van der Waals surface area contributed by atoms with Gasteiger partial charge in [0.25, 0.3) is 0 Å². The third kappa shape index (κ3) is 2.51. The molecule has 2 unspecified atom stereocenters. The first-order valence-corrected chi connectivity index (χ1v) is 7.50. The van der Waals surface area contributed by atoms with Crippen LogP contribution in [0.25, 0.3) is 0 Å². The van der Waals surface area contributed by atoms with Crippen LogP contribution >= 0.6 is 0 Å². The number of hydrogen-bond donors (Lipinski definition) is 0. The predicted octanol–water partition coefficient (Wildman–Crippen LogP) is 2.66. The Morgan fingerprint density at radius 2 is 2.30 bits per heavy atom. The fraction of sp³-hybridized carbons (Fsp3) is 0.625. The fourth-order valence-corrected chi connectivity index (χ4v) is 3.54. The molecule has 0 aliphatic carbocycles. The van der Waals surface area contributed by atoms with Gasteiger partial charge in [0, 0.05) is 31.3 Å². The Bertz CT molecular complexity index is 517.